The lowest BCUT2D eigenvalue weighted by Crippen LogP contribution is -2.31. The van der Waals surface area contributed by atoms with Crippen LogP contribution in [0, 0.1) is 12.8 Å². The van der Waals surface area contributed by atoms with Crippen molar-refractivity contribution < 1.29 is 12.6 Å². The first-order valence-corrected chi connectivity index (χ1v) is 6.88. The normalized spacial score (nSPS) is 25.1. The van der Waals surface area contributed by atoms with Crippen LogP contribution in [0.15, 0.2) is 29.2 Å². The Bertz CT molecular complexity index is 456. The van der Waals surface area contributed by atoms with Crippen LogP contribution in [0.4, 0.5) is 0 Å². The molecule has 0 heterocycles. The summed E-state index contributed by atoms with van der Waals surface area (Å²) in [5.41, 5.74) is 1.04. The highest BCUT2D eigenvalue weighted by Gasteiger charge is 2.31. The van der Waals surface area contributed by atoms with Crippen molar-refractivity contribution in [3.63, 3.8) is 0 Å². The summed E-state index contributed by atoms with van der Waals surface area (Å²) in [4.78, 5) is 0.248. The minimum atomic E-state index is -3.56. The van der Waals surface area contributed by atoms with Gasteiger partial charge in [-0.1, -0.05) is 24.6 Å². The molecule has 3 nitrogen and oxygen atoms in total. The van der Waals surface area contributed by atoms with Gasteiger partial charge >= 0.3 is 0 Å². The zero-order valence-electron chi connectivity index (χ0n) is 9.51. The van der Waals surface area contributed by atoms with Gasteiger partial charge in [0.05, 0.1) is 11.0 Å². The molecule has 0 spiro atoms. The molecule has 1 saturated carbocycles. The van der Waals surface area contributed by atoms with Crippen LogP contribution in [0.25, 0.3) is 0 Å². The van der Waals surface area contributed by atoms with Gasteiger partial charge in [0.2, 0.25) is 0 Å². The minimum absolute atomic E-state index is 0.124. The maximum absolute atomic E-state index is 11.8. The molecule has 1 aliphatic rings. The van der Waals surface area contributed by atoms with Crippen LogP contribution in [-0.2, 0) is 14.3 Å². The van der Waals surface area contributed by atoms with Gasteiger partial charge in [-0.25, -0.2) is 0 Å². The Labute approximate surface area is 96.6 Å². The van der Waals surface area contributed by atoms with Gasteiger partial charge in [-0.2, -0.15) is 8.42 Å². The van der Waals surface area contributed by atoms with Crippen LogP contribution in [-0.4, -0.2) is 14.5 Å². The van der Waals surface area contributed by atoms with Crippen molar-refractivity contribution in [3.8, 4) is 0 Å². The van der Waals surface area contributed by atoms with E-state index >= 15 is 0 Å². The molecular formula is C12H16O3S. The fraction of sp³-hybridized carbons (Fsp3) is 0.500. The van der Waals surface area contributed by atoms with E-state index in [9.17, 15) is 8.42 Å². The summed E-state index contributed by atoms with van der Waals surface area (Å²) >= 11 is 0. The summed E-state index contributed by atoms with van der Waals surface area (Å²) in [5, 5.41) is 0. The Hall–Kier alpha value is -0.870. The fourth-order valence-electron chi connectivity index (χ4n) is 1.85. The average Bonchev–Trinajstić information content (AvgIpc) is 2.15. The zero-order chi connectivity index (χ0) is 11.8. The first-order valence-electron chi connectivity index (χ1n) is 5.47. The first-order chi connectivity index (χ1) is 7.47. The molecule has 1 aromatic carbocycles. The third kappa shape index (κ3) is 2.44. The van der Waals surface area contributed by atoms with Crippen molar-refractivity contribution in [2.24, 2.45) is 5.92 Å². The van der Waals surface area contributed by atoms with Gasteiger partial charge < -0.3 is 0 Å². The minimum Gasteiger partial charge on any atom is -0.263 e. The molecule has 0 N–H and O–H groups in total. The van der Waals surface area contributed by atoms with Gasteiger partial charge in [-0.15, -0.1) is 0 Å². The monoisotopic (exact) mass is 240 g/mol. The van der Waals surface area contributed by atoms with Gasteiger partial charge in [0.1, 0.15) is 0 Å². The average molecular weight is 240 g/mol. The van der Waals surface area contributed by atoms with Crippen LogP contribution in [0.5, 0.6) is 0 Å². The molecule has 0 radical (unpaired) electrons. The summed E-state index contributed by atoms with van der Waals surface area (Å²) in [6.45, 7) is 4.02. The number of hydrogen-bond donors (Lipinski definition) is 0. The molecule has 0 atom stereocenters. The van der Waals surface area contributed by atoms with Gasteiger partial charge in [-0.05, 0) is 37.8 Å². The molecule has 4 heteroatoms. The molecule has 0 unspecified atom stereocenters. The molecule has 0 amide bonds. The van der Waals surface area contributed by atoms with E-state index < -0.39 is 10.1 Å². The molecule has 1 fully saturated rings. The zero-order valence-corrected chi connectivity index (χ0v) is 10.3. The van der Waals surface area contributed by atoms with Crippen LogP contribution in [0.2, 0.25) is 0 Å². The van der Waals surface area contributed by atoms with Gasteiger partial charge in [0.15, 0.2) is 0 Å². The second-order valence-electron chi connectivity index (χ2n) is 4.56. The topological polar surface area (TPSA) is 43.4 Å². The Kier molecular flexibility index (Phi) is 3.04. The van der Waals surface area contributed by atoms with Crippen molar-refractivity contribution in [2.75, 3.05) is 0 Å². The lowest BCUT2D eigenvalue weighted by atomic mass is 9.84. The van der Waals surface area contributed by atoms with Crippen molar-refractivity contribution in [2.45, 2.75) is 37.7 Å². The van der Waals surface area contributed by atoms with Crippen molar-refractivity contribution in [1.82, 2.24) is 0 Å². The predicted octanol–water partition coefficient (Wildman–Crippen LogP) is 2.50. The van der Waals surface area contributed by atoms with E-state index in [1.165, 1.54) is 0 Å². The number of hydrogen-bond acceptors (Lipinski definition) is 3. The highest BCUT2D eigenvalue weighted by atomic mass is 32.2. The molecule has 0 aliphatic heterocycles. The second-order valence-corrected chi connectivity index (χ2v) is 6.13. The van der Waals surface area contributed by atoms with Gasteiger partial charge in [0, 0.05) is 0 Å². The van der Waals surface area contributed by atoms with Crippen LogP contribution < -0.4 is 0 Å². The van der Waals surface area contributed by atoms with Crippen molar-refractivity contribution in [1.29, 1.82) is 0 Å². The number of benzene rings is 1. The Morgan fingerprint density at radius 3 is 2.25 bits per heavy atom. The summed E-state index contributed by atoms with van der Waals surface area (Å²) in [6, 6.07) is 6.73. The van der Waals surface area contributed by atoms with E-state index in [2.05, 4.69) is 6.92 Å². The third-order valence-electron chi connectivity index (χ3n) is 2.90. The predicted molar refractivity (Wildman–Crippen MR) is 61.6 cm³/mol. The Morgan fingerprint density at radius 1 is 1.19 bits per heavy atom. The van der Waals surface area contributed by atoms with E-state index in [0.717, 1.165) is 18.4 Å². The Morgan fingerprint density at radius 2 is 1.75 bits per heavy atom. The number of rotatable bonds is 3. The first kappa shape index (κ1) is 11.6. The molecule has 16 heavy (non-hydrogen) atoms. The summed E-state index contributed by atoms with van der Waals surface area (Å²) in [6.07, 6.45) is 1.55. The van der Waals surface area contributed by atoms with E-state index in [-0.39, 0.29) is 11.0 Å². The lowest BCUT2D eigenvalue weighted by Gasteiger charge is -2.31. The van der Waals surface area contributed by atoms with Crippen LogP contribution in [0.1, 0.15) is 25.3 Å². The summed E-state index contributed by atoms with van der Waals surface area (Å²) < 4.78 is 28.8. The SMILES string of the molecule is Cc1ccc(S(=O)(=O)OC2CC(C)C2)cc1. The molecule has 1 aliphatic carbocycles. The highest BCUT2D eigenvalue weighted by Crippen LogP contribution is 2.31. The lowest BCUT2D eigenvalue weighted by molar-refractivity contribution is 0.0801. The van der Waals surface area contributed by atoms with E-state index in [4.69, 9.17) is 4.18 Å². The largest absolute Gasteiger partial charge is 0.297 e. The van der Waals surface area contributed by atoms with Gasteiger partial charge in [0.25, 0.3) is 10.1 Å². The maximum atomic E-state index is 11.8. The summed E-state index contributed by atoms with van der Waals surface area (Å²) in [7, 11) is -3.56. The van der Waals surface area contributed by atoms with Crippen molar-refractivity contribution >= 4 is 10.1 Å². The second kappa shape index (κ2) is 4.18. The van der Waals surface area contributed by atoms with E-state index in [1.54, 1.807) is 24.3 Å². The molecule has 1 aromatic rings. The number of aryl methyl sites for hydroxylation is 1. The van der Waals surface area contributed by atoms with E-state index in [1.807, 2.05) is 6.92 Å². The van der Waals surface area contributed by atoms with Gasteiger partial charge in [-0.3, -0.25) is 4.18 Å². The van der Waals surface area contributed by atoms with E-state index in [0.29, 0.717) is 5.92 Å². The fourth-order valence-corrected chi connectivity index (χ4v) is 2.94. The van der Waals surface area contributed by atoms with Crippen LogP contribution in [0.3, 0.4) is 0 Å². The molecule has 0 bridgehead atoms. The third-order valence-corrected chi connectivity index (χ3v) is 4.28. The molecular weight excluding hydrogens is 224 g/mol. The molecule has 0 aromatic heterocycles. The molecule has 88 valence electrons. The molecule has 0 saturated heterocycles. The standard InChI is InChI=1S/C12H16O3S/c1-9-3-5-12(6-4-9)16(13,14)15-11-7-10(2)8-11/h3-6,10-11H,7-8H2,1-2H3. The smallest absolute Gasteiger partial charge is 0.263 e. The molecule has 2 rings (SSSR count). The maximum Gasteiger partial charge on any atom is 0.297 e. The Balaban J connectivity index is 2.10. The van der Waals surface area contributed by atoms with Crippen molar-refractivity contribution in [3.05, 3.63) is 29.8 Å². The summed E-state index contributed by atoms with van der Waals surface area (Å²) in [5.74, 6) is 0.582. The quantitative estimate of drug-likeness (QED) is 0.762. The highest BCUT2D eigenvalue weighted by molar-refractivity contribution is 7.86. The van der Waals surface area contributed by atoms with Crippen LogP contribution >= 0.6 is 0 Å².